The number of aliphatic hydroxyl groups excluding tert-OH is 1. The molecule has 2 heterocycles. The normalized spacial score (nSPS) is 19.5. The average Bonchev–Trinajstić information content (AvgIpc) is 3.43. The Kier molecular flexibility index (Phi) is 6.64. The van der Waals surface area contributed by atoms with Crippen molar-refractivity contribution in [1.29, 1.82) is 0 Å². The molecule has 192 valence electrons. The first-order valence-electron chi connectivity index (χ1n) is 14.1. The number of hydrogen-bond acceptors (Lipinski definition) is 3. The number of carbonyl (C=O) groups is 1. The van der Waals surface area contributed by atoms with Gasteiger partial charge in [-0.1, -0.05) is 80.1 Å². The van der Waals surface area contributed by atoms with Crippen molar-refractivity contribution in [2.75, 3.05) is 19.6 Å². The summed E-state index contributed by atoms with van der Waals surface area (Å²) >= 11 is 0. The molecule has 4 nitrogen and oxygen atoms in total. The van der Waals surface area contributed by atoms with E-state index < -0.39 is 6.10 Å². The van der Waals surface area contributed by atoms with Crippen LogP contribution < -0.4 is 0 Å². The summed E-state index contributed by atoms with van der Waals surface area (Å²) in [6.45, 7) is 6.03. The van der Waals surface area contributed by atoms with Gasteiger partial charge in [0, 0.05) is 36.7 Å². The lowest BCUT2D eigenvalue weighted by atomic mass is 9.69. The minimum absolute atomic E-state index is 0.204. The summed E-state index contributed by atoms with van der Waals surface area (Å²) in [7, 11) is 0. The number of hydrogen-bond donors (Lipinski definition) is 1. The second kappa shape index (κ2) is 10.1. The van der Waals surface area contributed by atoms with E-state index in [0.717, 1.165) is 70.3 Å². The summed E-state index contributed by atoms with van der Waals surface area (Å²) in [5.41, 5.74) is 6.89. The molecular formula is C33H38N2O2. The lowest BCUT2D eigenvalue weighted by Crippen LogP contribution is -2.45. The number of benzene rings is 3. The molecule has 0 radical (unpaired) electrons. The van der Waals surface area contributed by atoms with Crippen LogP contribution >= 0.6 is 0 Å². The highest BCUT2D eigenvalue weighted by Crippen LogP contribution is 2.53. The molecule has 0 spiro atoms. The highest BCUT2D eigenvalue weighted by atomic mass is 16.3. The smallest absolute Gasteiger partial charge is 0.254 e. The van der Waals surface area contributed by atoms with Crippen LogP contribution in [-0.4, -0.2) is 52.6 Å². The molecule has 1 saturated heterocycles. The summed E-state index contributed by atoms with van der Waals surface area (Å²) in [6, 6.07) is 25.7. The molecule has 4 heteroatoms. The monoisotopic (exact) mass is 494 g/mol. The van der Waals surface area contributed by atoms with Crippen LogP contribution in [0.4, 0.5) is 0 Å². The van der Waals surface area contributed by atoms with E-state index in [-0.39, 0.29) is 11.3 Å². The van der Waals surface area contributed by atoms with Gasteiger partial charge in [0.2, 0.25) is 0 Å². The fourth-order valence-corrected chi connectivity index (χ4v) is 7.33. The van der Waals surface area contributed by atoms with Gasteiger partial charge in [0.1, 0.15) is 0 Å². The van der Waals surface area contributed by atoms with Gasteiger partial charge in [-0.25, -0.2) is 0 Å². The molecule has 1 N–H and O–H groups in total. The van der Waals surface area contributed by atoms with Gasteiger partial charge < -0.3 is 14.9 Å². The third-order valence-corrected chi connectivity index (χ3v) is 9.12. The van der Waals surface area contributed by atoms with Crippen molar-refractivity contribution in [2.24, 2.45) is 0 Å². The first kappa shape index (κ1) is 24.4. The van der Waals surface area contributed by atoms with Crippen LogP contribution in [0.1, 0.15) is 72.5 Å². The van der Waals surface area contributed by atoms with Crippen molar-refractivity contribution in [3.05, 3.63) is 95.1 Å². The number of nitrogens with zero attached hydrogens (tertiary/aromatic N) is 2. The Morgan fingerprint density at radius 3 is 2.11 bits per heavy atom. The summed E-state index contributed by atoms with van der Waals surface area (Å²) in [5, 5.41) is 11.8. The Hall–Kier alpha value is -2.95. The largest absolute Gasteiger partial charge is 0.392 e. The van der Waals surface area contributed by atoms with Crippen molar-refractivity contribution in [1.82, 2.24) is 9.80 Å². The molecule has 37 heavy (non-hydrogen) atoms. The van der Waals surface area contributed by atoms with E-state index in [2.05, 4.69) is 71.3 Å². The van der Waals surface area contributed by atoms with Crippen molar-refractivity contribution in [3.8, 4) is 11.1 Å². The Balaban J connectivity index is 1.08. The highest BCUT2D eigenvalue weighted by molar-refractivity contribution is 5.98. The van der Waals surface area contributed by atoms with Crippen LogP contribution in [0, 0.1) is 0 Å². The number of carbonyl (C=O) groups excluding carboxylic acids is 1. The maximum Gasteiger partial charge on any atom is 0.254 e. The number of fused-ring (bicyclic) bond motifs is 4. The Labute approximate surface area is 220 Å². The summed E-state index contributed by atoms with van der Waals surface area (Å²) < 4.78 is 0. The maximum absolute atomic E-state index is 12.9. The zero-order valence-electron chi connectivity index (χ0n) is 21.9. The van der Waals surface area contributed by atoms with Gasteiger partial charge in [0.05, 0.1) is 6.10 Å². The minimum atomic E-state index is -0.407. The summed E-state index contributed by atoms with van der Waals surface area (Å²) in [4.78, 5) is 17.5. The molecule has 0 aromatic heterocycles. The van der Waals surface area contributed by atoms with E-state index in [4.69, 9.17) is 0 Å². The van der Waals surface area contributed by atoms with E-state index in [1.54, 1.807) is 0 Å². The fraction of sp³-hybridized carbons (Fsp3) is 0.424. The molecule has 0 saturated carbocycles. The lowest BCUT2D eigenvalue weighted by Gasteiger charge is -2.38. The molecule has 1 amide bonds. The van der Waals surface area contributed by atoms with Crippen molar-refractivity contribution >= 4 is 5.91 Å². The number of amides is 1. The van der Waals surface area contributed by atoms with Gasteiger partial charge in [-0.3, -0.25) is 4.79 Å². The van der Waals surface area contributed by atoms with Gasteiger partial charge in [0.25, 0.3) is 5.91 Å². The van der Waals surface area contributed by atoms with Crippen LogP contribution in [0.15, 0.2) is 72.8 Å². The molecule has 3 aliphatic rings. The van der Waals surface area contributed by atoms with Crippen LogP contribution in [-0.2, 0) is 12.0 Å². The topological polar surface area (TPSA) is 43.8 Å². The molecule has 6 rings (SSSR count). The zero-order valence-corrected chi connectivity index (χ0v) is 21.9. The van der Waals surface area contributed by atoms with Gasteiger partial charge in [-0.2, -0.15) is 0 Å². The van der Waals surface area contributed by atoms with Crippen LogP contribution in [0.3, 0.4) is 0 Å². The second-order valence-electron chi connectivity index (χ2n) is 11.1. The van der Waals surface area contributed by atoms with Crippen molar-refractivity contribution in [2.45, 2.75) is 69.6 Å². The molecular weight excluding hydrogens is 456 g/mol. The predicted octanol–water partition coefficient (Wildman–Crippen LogP) is 6.01. The third kappa shape index (κ3) is 4.11. The van der Waals surface area contributed by atoms with E-state index in [0.29, 0.717) is 6.04 Å². The van der Waals surface area contributed by atoms with E-state index in [1.807, 2.05) is 18.2 Å². The molecule has 3 aromatic rings. The fourth-order valence-electron chi connectivity index (χ4n) is 7.33. The molecule has 3 aromatic carbocycles. The summed E-state index contributed by atoms with van der Waals surface area (Å²) in [5.74, 6) is 0.204. The first-order valence-corrected chi connectivity index (χ1v) is 14.1. The van der Waals surface area contributed by atoms with Crippen LogP contribution in [0.2, 0.25) is 0 Å². The van der Waals surface area contributed by atoms with Gasteiger partial charge in [0.15, 0.2) is 0 Å². The lowest BCUT2D eigenvalue weighted by molar-refractivity contribution is 0.0573. The van der Waals surface area contributed by atoms with E-state index >= 15 is 0 Å². The standard InChI is InChI=1S/C33H38N2O2/c1-2-19-33(29-14-7-5-12-27(29)28-13-6-8-15-30(28)33)31(36)16-9-20-34-21-17-25(18-22-34)35-23-24-10-3-4-11-26(24)32(35)37/h3-8,10-15,25,31,36H,2,9,16-23H2,1H3. The second-order valence-corrected chi connectivity index (χ2v) is 11.1. The third-order valence-electron chi connectivity index (χ3n) is 9.12. The molecule has 1 aliphatic carbocycles. The first-order chi connectivity index (χ1) is 18.1. The predicted molar refractivity (Wildman–Crippen MR) is 149 cm³/mol. The Morgan fingerprint density at radius 1 is 0.892 bits per heavy atom. The Bertz CT molecular complexity index is 1230. The van der Waals surface area contributed by atoms with E-state index in [1.165, 1.54) is 27.8 Å². The highest BCUT2D eigenvalue weighted by Gasteiger charge is 2.47. The van der Waals surface area contributed by atoms with Gasteiger partial charge in [-0.05, 0) is 72.5 Å². The number of piperidine rings is 1. The SMILES string of the molecule is CCCC1(C(O)CCCN2CCC(N3Cc4ccccc4C3=O)CC2)c2ccccc2-c2ccccc21. The minimum Gasteiger partial charge on any atom is -0.392 e. The Morgan fingerprint density at radius 2 is 1.49 bits per heavy atom. The van der Waals surface area contributed by atoms with Crippen molar-refractivity contribution < 1.29 is 9.90 Å². The molecule has 1 unspecified atom stereocenters. The van der Waals surface area contributed by atoms with Crippen LogP contribution in [0.25, 0.3) is 11.1 Å². The number of rotatable bonds is 8. The number of aliphatic hydroxyl groups is 1. The molecule has 1 fully saturated rings. The number of likely N-dealkylation sites (tertiary alicyclic amines) is 1. The zero-order chi connectivity index (χ0) is 25.4. The molecule has 0 bridgehead atoms. The molecule has 2 aliphatic heterocycles. The van der Waals surface area contributed by atoms with E-state index in [9.17, 15) is 9.90 Å². The molecule has 1 atom stereocenters. The van der Waals surface area contributed by atoms with Gasteiger partial charge >= 0.3 is 0 Å². The van der Waals surface area contributed by atoms with Crippen molar-refractivity contribution in [3.63, 3.8) is 0 Å². The maximum atomic E-state index is 12.9. The van der Waals surface area contributed by atoms with Gasteiger partial charge in [-0.15, -0.1) is 0 Å². The quantitative estimate of drug-likeness (QED) is 0.417. The van der Waals surface area contributed by atoms with Crippen LogP contribution in [0.5, 0.6) is 0 Å². The summed E-state index contributed by atoms with van der Waals surface area (Å²) in [6.07, 6.45) is 5.42. The average molecular weight is 495 g/mol.